The number of nitrogens with one attached hydrogen (secondary N) is 2. The molecule has 0 bridgehead atoms. The second-order valence-electron chi connectivity index (χ2n) is 5.47. The van der Waals surface area contributed by atoms with Crippen molar-refractivity contribution in [2.45, 2.75) is 18.4 Å². The van der Waals surface area contributed by atoms with Gasteiger partial charge < -0.3 is 15.4 Å². The molecule has 7 nitrogen and oxygen atoms in total. The highest BCUT2D eigenvalue weighted by Crippen LogP contribution is 2.09. The molecule has 0 radical (unpaired) electrons. The fourth-order valence-electron chi connectivity index (χ4n) is 2.15. The molecule has 0 aliphatic rings. The average Bonchev–Trinajstić information content (AvgIpc) is 2.63. The van der Waals surface area contributed by atoms with Gasteiger partial charge in [0.15, 0.2) is 5.96 Å². The standard InChI is InChI=1S/C18H24N4O3S.HI/c1-2-20-18(21-12-13-25-16-6-4-3-5-7-16)22-14-15-8-10-17(11-9-15)26(19,23)24;/h3-11H,2,12-14H2,1H3,(H2,19,23,24)(H2,20,21,22);1H. The van der Waals surface area contributed by atoms with E-state index < -0.39 is 10.0 Å². The third-order valence-electron chi connectivity index (χ3n) is 3.42. The van der Waals surface area contributed by atoms with Gasteiger partial charge in [0.05, 0.1) is 18.0 Å². The molecule has 27 heavy (non-hydrogen) atoms. The molecule has 0 aromatic heterocycles. The number of aliphatic imine (C=N–C) groups is 1. The Labute approximate surface area is 177 Å². The smallest absolute Gasteiger partial charge is 0.238 e. The summed E-state index contributed by atoms with van der Waals surface area (Å²) in [6, 6.07) is 16.0. The Kier molecular flexibility index (Phi) is 10.1. The van der Waals surface area contributed by atoms with Crippen molar-refractivity contribution in [3.63, 3.8) is 0 Å². The van der Waals surface area contributed by atoms with Gasteiger partial charge in [0.25, 0.3) is 0 Å². The largest absolute Gasteiger partial charge is 0.492 e. The summed E-state index contributed by atoms with van der Waals surface area (Å²) in [6.07, 6.45) is 0. The zero-order chi connectivity index (χ0) is 18.8. The highest BCUT2D eigenvalue weighted by Gasteiger charge is 2.06. The maximum Gasteiger partial charge on any atom is 0.238 e. The van der Waals surface area contributed by atoms with Crippen LogP contribution in [-0.2, 0) is 16.6 Å². The quantitative estimate of drug-likeness (QED) is 0.221. The Morgan fingerprint density at radius 2 is 1.74 bits per heavy atom. The lowest BCUT2D eigenvalue weighted by Gasteiger charge is -2.12. The van der Waals surface area contributed by atoms with E-state index in [1.807, 2.05) is 37.3 Å². The first-order chi connectivity index (χ1) is 12.5. The minimum absolute atomic E-state index is 0. The predicted octanol–water partition coefficient (Wildman–Crippen LogP) is 2.09. The highest BCUT2D eigenvalue weighted by atomic mass is 127. The summed E-state index contributed by atoms with van der Waals surface area (Å²) in [5.74, 6) is 1.49. The van der Waals surface area contributed by atoms with E-state index in [-0.39, 0.29) is 28.9 Å². The van der Waals surface area contributed by atoms with Crippen LogP contribution in [0.25, 0.3) is 0 Å². The number of sulfonamides is 1. The van der Waals surface area contributed by atoms with Crippen LogP contribution in [0.3, 0.4) is 0 Å². The Bertz CT molecular complexity index is 812. The van der Waals surface area contributed by atoms with Crippen LogP contribution in [-0.4, -0.2) is 34.1 Å². The molecule has 148 valence electrons. The lowest BCUT2D eigenvalue weighted by atomic mass is 10.2. The van der Waals surface area contributed by atoms with Gasteiger partial charge >= 0.3 is 0 Å². The average molecular weight is 504 g/mol. The van der Waals surface area contributed by atoms with Crippen LogP contribution in [0.15, 0.2) is 64.5 Å². The number of rotatable bonds is 8. The molecule has 0 heterocycles. The van der Waals surface area contributed by atoms with Crippen molar-refractivity contribution in [1.29, 1.82) is 0 Å². The molecule has 0 atom stereocenters. The van der Waals surface area contributed by atoms with E-state index in [0.29, 0.717) is 25.7 Å². The van der Waals surface area contributed by atoms with E-state index in [2.05, 4.69) is 15.6 Å². The van der Waals surface area contributed by atoms with E-state index in [4.69, 9.17) is 9.88 Å². The fraction of sp³-hybridized carbons (Fsp3) is 0.278. The van der Waals surface area contributed by atoms with Gasteiger partial charge in [-0.1, -0.05) is 30.3 Å². The van der Waals surface area contributed by atoms with E-state index in [0.717, 1.165) is 17.9 Å². The van der Waals surface area contributed by atoms with Crippen molar-refractivity contribution in [3.8, 4) is 5.75 Å². The minimum Gasteiger partial charge on any atom is -0.492 e. The zero-order valence-corrected chi connectivity index (χ0v) is 18.2. The van der Waals surface area contributed by atoms with Crippen LogP contribution >= 0.6 is 24.0 Å². The fourth-order valence-corrected chi connectivity index (χ4v) is 2.67. The van der Waals surface area contributed by atoms with Crippen LogP contribution < -0.4 is 20.5 Å². The summed E-state index contributed by atoms with van der Waals surface area (Å²) in [5.41, 5.74) is 0.884. The number of hydrogen-bond donors (Lipinski definition) is 3. The molecule has 0 saturated heterocycles. The van der Waals surface area contributed by atoms with Crippen LogP contribution in [0.2, 0.25) is 0 Å². The Hall–Kier alpha value is -1.85. The van der Waals surface area contributed by atoms with E-state index in [9.17, 15) is 8.42 Å². The molecular weight excluding hydrogens is 479 g/mol. The number of halogens is 1. The van der Waals surface area contributed by atoms with Crippen molar-refractivity contribution < 1.29 is 13.2 Å². The zero-order valence-electron chi connectivity index (χ0n) is 15.1. The van der Waals surface area contributed by atoms with Gasteiger partial charge in [-0.05, 0) is 36.8 Å². The molecule has 0 saturated carbocycles. The van der Waals surface area contributed by atoms with Crippen LogP contribution in [0, 0.1) is 0 Å². The second kappa shape index (κ2) is 11.8. The van der Waals surface area contributed by atoms with Gasteiger partial charge in [-0.3, -0.25) is 0 Å². The number of guanidine groups is 1. The molecular formula is C18H25IN4O3S. The molecule has 2 aromatic carbocycles. The summed E-state index contributed by atoms with van der Waals surface area (Å²) >= 11 is 0. The van der Waals surface area contributed by atoms with Gasteiger partial charge in [-0.2, -0.15) is 0 Å². The molecule has 2 rings (SSSR count). The first-order valence-corrected chi connectivity index (χ1v) is 9.85. The van der Waals surface area contributed by atoms with Crippen LogP contribution in [0.4, 0.5) is 0 Å². The molecule has 0 amide bonds. The summed E-state index contributed by atoms with van der Waals surface area (Å²) in [4.78, 5) is 4.57. The summed E-state index contributed by atoms with van der Waals surface area (Å²) in [5, 5.41) is 11.4. The Morgan fingerprint density at radius 1 is 1.07 bits per heavy atom. The van der Waals surface area contributed by atoms with E-state index in [1.165, 1.54) is 12.1 Å². The molecule has 0 unspecified atom stereocenters. The van der Waals surface area contributed by atoms with Crippen molar-refractivity contribution in [2.75, 3.05) is 19.7 Å². The minimum atomic E-state index is -3.67. The number of para-hydroxylation sites is 1. The summed E-state index contributed by atoms with van der Waals surface area (Å²) < 4.78 is 28.2. The lowest BCUT2D eigenvalue weighted by molar-refractivity contribution is 0.322. The number of benzene rings is 2. The number of primary sulfonamides is 1. The van der Waals surface area contributed by atoms with Gasteiger partial charge in [0.2, 0.25) is 10.0 Å². The van der Waals surface area contributed by atoms with Crippen LogP contribution in [0.1, 0.15) is 12.5 Å². The number of nitrogens with zero attached hydrogens (tertiary/aromatic N) is 1. The van der Waals surface area contributed by atoms with Gasteiger partial charge in [-0.25, -0.2) is 18.5 Å². The molecule has 0 aliphatic carbocycles. The maximum absolute atomic E-state index is 11.3. The first kappa shape index (κ1) is 23.2. The van der Waals surface area contributed by atoms with Gasteiger partial charge in [0.1, 0.15) is 12.4 Å². The van der Waals surface area contributed by atoms with E-state index in [1.54, 1.807) is 12.1 Å². The van der Waals surface area contributed by atoms with Crippen molar-refractivity contribution >= 4 is 40.0 Å². The Balaban J connectivity index is 0.00000364. The molecule has 0 spiro atoms. The second-order valence-corrected chi connectivity index (χ2v) is 7.03. The summed E-state index contributed by atoms with van der Waals surface area (Å²) in [7, 11) is -3.67. The van der Waals surface area contributed by atoms with E-state index >= 15 is 0 Å². The first-order valence-electron chi connectivity index (χ1n) is 8.31. The van der Waals surface area contributed by atoms with Gasteiger partial charge in [0, 0.05) is 6.54 Å². The van der Waals surface area contributed by atoms with Gasteiger partial charge in [-0.15, -0.1) is 24.0 Å². The molecule has 4 N–H and O–H groups in total. The lowest BCUT2D eigenvalue weighted by Crippen LogP contribution is -2.39. The molecule has 2 aromatic rings. The molecule has 0 fully saturated rings. The SMILES string of the molecule is CCNC(=NCc1ccc(S(N)(=O)=O)cc1)NCCOc1ccccc1.I. The predicted molar refractivity (Wildman–Crippen MR) is 118 cm³/mol. The van der Waals surface area contributed by atoms with Crippen molar-refractivity contribution in [1.82, 2.24) is 10.6 Å². The Morgan fingerprint density at radius 3 is 2.33 bits per heavy atom. The number of ether oxygens (including phenoxy) is 1. The topological polar surface area (TPSA) is 106 Å². The molecule has 9 heteroatoms. The summed E-state index contributed by atoms with van der Waals surface area (Å²) in [6.45, 7) is 4.25. The third-order valence-corrected chi connectivity index (χ3v) is 4.35. The van der Waals surface area contributed by atoms with Crippen LogP contribution in [0.5, 0.6) is 5.75 Å². The van der Waals surface area contributed by atoms with Crippen molar-refractivity contribution in [3.05, 3.63) is 60.2 Å². The van der Waals surface area contributed by atoms with Crippen molar-refractivity contribution in [2.24, 2.45) is 10.1 Å². The molecule has 0 aliphatic heterocycles. The number of hydrogen-bond acceptors (Lipinski definition) is 4. The monoisotopic (exact) mass is 504 g/mol. The number of nitrogens with two attached hydrogens (primary N) is 1. The third kappa shape index (κ3) is 8.59. The normalized spacial score (nSPS) is 11.4. The maximum atomic E-state index is 11.3. The highest BCUT2D eigenvalue weighted by molar-refractivity contribution is 14.0.